The van der Waals surface area contributed by atoms with E-state index in [4.69, 9.17) is 21.8 Å². The highest BCUT2D eigenvalue weighted by molar-refractivity contribution is 6.30. The number of nitrogens with one attached hydrogen (secondary N) is 1. The molecule has 1 saturated heterocycles. The highest BCUT2D eigenvalue weighted by Gasteiger charge is 2.55. The summed E-state index contributed by atoms with van der Waals surface area (Å²) in [6, 6.07) is 18.0. The number of likely N-dealkylation sites (tertiary alicyclic amines) is 1. The molecular weight excluding hydrogens is 505 g/mol. The van der Waals surface area contributed by atoms with Crippen molar-refractivity contribution in [3.05, 3.63) is 94.5 Å². The van der Waals surface area contributed by atoms with Crippen molar-refractivity contribution in [3.8, 4) is 11.1 Å². The van der Waals surface area contributed by atoms with Crippen molar-refractivity contribution >= 4 is 34.4 Å². The second-order valence-corrected chi connectivity index (χ2v) is 10.5. The monoisotopic (exact) mass is 531 g/mol. The van der Waals surface area contributed by atoms with E-state index in [0.717, 1.165) is 39.6 Å². The lowest BCUT2D eigenvalue weighted by Crippen LogP contribution is -2.48. The number of hydrogen-bond donors (Lipinski definition) is 2. The minimum Gasteiger partial charge on any atom is -0.464 e. The van der Waals surface area contributed by atoms with Crippen LogP contribution in [0.3, 0.4) is 0 Å². The summed E-state index contributed by atoms with van der Waals surface area (Å²) in [5.74, 6) is -0.564. The molecule has 6 rings (SSSR count). The summed E-state index contributed by atoms with van der Waals surface area (Å²) in [4.78, 5) is 28.4. The van der Waals surface area contributed by atoms with E-state index in [9.17, 15) is 14.0 Å². The van der Waals surface area contributed by atoms with Crippen molar-refractivity contribution in [2.24, 2.45) is 11.7 Å². The molecule has 2 heterocycles. The van der Waals surface area contributed by atoms with Crippen molar-refractivity contribution in [1.29, 1.82) is 0 Å². The zero-order valence-corrected chi connectivity index (χ0v) is 21.4. The minimum absolute atomic E-state index is 0.0133. The van der Waals surface area contributed by atoms with Crippen molar-refractivity contribution in [1.82, 2.24) is 10.2 Å². The van der Waals surface area contributed by atoms with E-state index >= 15 is 0 Å². The van der Waals surface area contributed by atoms with Crippen molar-refractivity contribution in [2.75, 3.05) is 0 Å². The lowest BCUT2D eigenvalue weighted by Gasteiger charge is -2.27. The maximum Gasteiger partial charge on any atom is 0.243 e. The number of amides is 2. The van der Waals surface area contributed by atoms with Crippen LogP contribution in [-0.4, -0.2) is 28.8 Å². The van der Waals surface area contributed by atoms with Gasteiger partial charge in [0.2, 0.25) is 11.8 Å². The van der Waals surface area contributed by atoms with Crippen LogP contribution in [0, 0.1) is 11.7 Å². The molecule has 194 valence electrons. The number of furan rings is 1. The van der Waals surface area contributed by atoms with Gasteiger partial charge in [-0.3, -0.25) is 9.59 Å². The predicted octanol–water partition coefficient (Wildman–Crippen LogP) is 5.20. The predicted molar refractivity (Wildman–Crippen MR) is 144 cm³/mol. The third-order valence-corrected chi connectivity index (χ3v) is 7.91. The number of fused-ring (bicyclic) bond motifs is 2. The molecule has 1 aliphatic heterocycles. The number of nitrogens with two attached hydrogens (primary N) is 1. The summed E-state index contributed by atoms with van der Waals surface area (Å²) < 4.78 is 20.0. The number of hydrogen-bond acceptors (Lipinski definition) is 4. The van der Waals surface area contributed by atoms with Crippen molar-refractivity contribution < 1.29 is 18.4 Å². The molecule has 2 aliphatic rings. The third kappa shape index (κ3) is 4.57. The molecule has 8 heteroatoms. The van der Waals surface area contributed by atoms with Crippen LogP contribution in [0.1, 0.15) is 29.5 Å². The van der Waals surface area contributed by atoms with Crippen LogP contribution >= 0.6 is 11.6 Å². The molecule has 38 heavy (non-hydrogen) atoms. The van der Waals surface area contributed by atoms with Gasteiger partial charge >= 0.3 is 0 Å². The standard InChI is InChI=1S/C30H27ClFN3O3/c31-24-6-2-5-21(28(24)32)16-34-30(37)26-14-22-13-25(22)35(26)27(36)12-18-10-20-7-8-38-29(20)23(11-18)19-4-1-3-17(9-19)15-33/h1-11,22,25-26H,12-16,33H2,(H,34,37)/t22-,25-,26+/m1/s1. The molecule has 3 atom stereocenters. The number of nitrogens with zero attached hydrogens (tertiary/aromatic N) is 1. The lowest BCUT2D eigenvalue weighted by atomic mass is 9.97. The van der Waals surface area contributed by atoms with Gasteiger partial charge in [-0.15, -0.1) is 0 Å². The van der Waals surface area contributed by atoms with Gasteiger partial charge in [0.15, 0.2) is 0 Å². The first kappa shape index (κ1) is 24.6. The number of rotatable bonds is 7. The SMILES string of the molecule is NCc1cccc(-c2cc(CC(=O)N3[C@@H]4C[C@@H]4C[C@H]3C(=O)NCc3cccc(Cl)c3F)cc3ccoc23)c1. The number of carbonyl (C=O) groups excluding carboxylic acids is 2. The molecule has 2 fully saturated rings. The third-order valence-electron chi connectivity index (χ3n) is 7.62. The fraction of sp³-hybridized carbons (Fsp3) is 0.267. The molecule has 6 nitrogen and oxygen atoms in total. The van der Waals surface area contributed by atoms with Gasteiger partial charge < -0.3 is 20.4 Å². The van der Waals surface area contributed by atoms with Crippen molar-refractivity contribution in [3.63, 3.8) is 0 Å². The van der Waals surface area contributed by atoms with Crippen LogP contribution in [0.2, 0.25) is 5.02 Å². The van der Waals surface area contributed by atoms with E-state index in [1.54, 1.807) is 23.3 Å². The number of halogens is 2. The Labute approximate surface area is 224 Å². The Balaban J connectivity index is 1.22. The van der Waals surface area contributed by atoms with Gasteiger partial charge in [0, 0.05) is 35.6 Å². The van der Waals surface area contributed by atoms with E-state index in [1.165, 1.54) is 6.07 Å². The Kier molecular flexibility index (Phi) is 6.41. The van der Waals surface area contributed by atoms with E-state index in [-0.39, 0.29) is 35.8 Å². The van der Waals surface area contributed by atoms with E-state index in [1.807, 2.05) is 42.5 Å². The van der Waals surface area contributed by atoms with Gasteiger partial charge in [-0.1, -0.05) is 41.9 Å². The van der Waals surface area contributed by atoms with Gasteiger partial charge in [0.05, 0.1) is 17.7 Å². The van der Waals surface area contributed by atoms with Crippen LogP contribution in [0.15, 0.2) is 71.3 Å². The zero-order valence-electron chi connectivity index (χ0n) is 20.6. The molecule has 2 amide bonds. The molecule has 1 saturated carbocycles. The smallest absolute Gasteiger partial charge is 0.243 e. The fourth-order valence-corrected chi connectivity index (χ4v) is 5.82. The Morgan fingerprint density at radius 3 is 2.76 bits per heavy atom. The molecule has 3 N–H and O–H groups in total. The number of carbonyl (C=O) groups is 2. The zero-order chi connectivity index (χ0) is 26.4. The fourth-order valence-electron chi connectivity index (χ4n) is 5.63. The molecule has 1 aromatic heterocycles. The summed E-state index contributed by atoms with van der Waals surface area (Å²) >= 11 is 5.87. The Bertz CT molecular complexity index is 1550. The molecule has 0 bridgehead atoms. The topological polar surface area (TPSA) is 88.6 Å². The summed E-state index contributed by atoms with van der Waals surface area (Å²) in [7, 11) is 0. The number of piperidine rings is 1. The van der Waals surface area contributed by atoms with Gasteiger partial charge in [-0.05, 0) is 65.8 Å². The maximum atomic E-state index is 14.3. The molecule has 1 aliphatic carbocycles. The van der Waals surface area contributed by atoms with Gasteiger partial charge in [0.1, 0.15) is 17.4 Å². The highest BCUT2D eigenvalue weighted by Crippen LogP contribution is 2.48. The Morgan fingerprint density at radius 1 is 1.08 bits per heavy atom. The van der Waals surface area contributed by atoms with Crippen LogP contribution in [0.25, 0.3) is 22.1 Å². The summed E-state index contributed by atoms with van der Waals surface area (Å²) in [5, 5.41) is 3.73. The Morgan fingerprint density at radius 2 is 1.92 bits per heavy atom. The summed E-state index contributed by atoms with van der Waals surface area (Å²) in [5.41, 5.74) is 10.6. The van der Waals surface area contributed by atoms with Crippen LogP contribution < -0.4 is 11.1 Å². The summed E-state index contributed by atoms with van der Waals surface area (Å²) in [6.07, 6.45) is 3.35. The van der Waals surface area contributed by atoms with E-state index in [0.29, 0.717) is 24.4 Å². The highest BCUT2D eigenvalue weighted by atomic mass is 35.5. The van der Waals surface area contributed by atoms with Gasteiger partial charge in [0.25, 0.3) is 0 Å². The second kappa shape index (κ2) is 9.89. The van der Waals surface area contributed by atoms with Crippen LogP contribution in [0.5, 0.6) is 0 Å². The normalized spacial score (nSPS) is 20.0. The average Bonchev–Trinajstić information content (AvgIpc) is 3.33. The average molecular weight is 532 g/mol. The maximum absolute atomic E-state index is 14.3. The van der Waals surface area contributed by atoms with E-state index < -0.39 is 11.9 Å². The van der Waals surface area contributed by atoms with Crippen LogP contribution in [-0.2, 0) is 29.1 Å². The minimum atomic E-state index is -0.563. The van der Waals surface area contributed by atoms with Crippen LogP contribution in [0.4, 0.5) is 4.39 Å². The molecule has 0 unspecified atom stereocenters. The first-order valence-electron chi connectivity index (χ1n) is 12.7. The van der Waals surface area contributed by atoms with Gasteiger partial charge in [-0.25, -0.2) is 4.39 Å². The molecule has 3 aromatic carbocycles. The molecule has 0 spiro atoms. The first-order chi connectivity index (χ1) is 18.4. The molecule has 0 radical (unpaired) electrons. The summed E-state index contributed by atoms with van der Waals surface area (Å²) in [6.45, 7) is 0.444. The largest absolute Gasteiger partial charge is 0.464 e. The van der Waals surface area contributed by atoms with E-state index in [2.05, 4.69) is 5.32 Å². The lowest BCUT2D eigenvalue weighted by molar-refractivity contribution is -0.139. The Hall–Kier alpha value is -3.68. The second-order valence-electron chi connectivity index (χ2n) is 10.1. The quantitative estimate of drug-likeness (QED) is 0.343. The van der Waals surface area contributed by atoms with Crippen molar-refractivity contribution in [2.45, 2.75) is 44.4 Å². The molecular formula is C30H27ClFN3O3. The van der Waals surface area contributed by atoms with Gasteiger partial charge in [-0.2, -0.15) is 0 Å². The number of benzene rings is 3. The first-order valence-corrected chi connectivity index (χ1v) is 13.1. The molecule has 4 aromatic rings.